The van der Waals surface area contributed by atoms with E-state index < -0.39 is 0 Å². The molecule has 0 heterocycles. The average molecular weight is 233 g/mol. The molecular formula is C14H19NO2. The summed E-state index contributed by atoms with van der Waals surface area (Å²) in [6.07, 6.45) is 0.655. The number of methoxy groups -OCH3 is 1. The van der Waals surface area contributed by atoms with Crippen LogP contribution in [-0.4, -0.2) is 18.0 Å². The van der Waals surface area contributed by atoms with Gasteiger partial charge in [-0.3, -0.25) is 0 Å². The van der Waals surface area contributed by atoms with Crippen LogP contribution in [0.5, 0.6) is 0 Å². The molecule has 0 bridgehead atoms. The van der Waals surface area contributed by atoms with Crippen molar-refractivity contribution in [3.63, 3.8) is 0 Å². The number of benzene rings is 1. The van der Waals surface area contributed by atoms with E-state index in [-0.39, 0.29) is 5.92 Å². The fourth-order valence-electron chi connectivity index (χ4n) is 2.00. The minimum absolute atomic E-state index is 0.108. The lowest BCUT2D eigenvalue weighted by atomic mass is 10.0. The third-order valence-corrected chi connectivity index (χ3v) is 2.82. The molecule has 1 N–H and O–H groups in total. The van der Waals surface area contributed by atoms with E-state index in [4.69, 9.17) is 9.94 Å². The van der Waals surface area contributed by atoms with Crippen molar-refractivity contribution < 1.29 is 9.94 Å². The van der Waals surface area contributed by atoms with Gasteiger partial charge in [-0.05, 0) is 5.56 Å². The minimum atomic E-state index is 0.108. The maximum absolute atomic E-state index is 8.90. The number of hydrogen-bond donors (Lipinski definition) is 1. The number of oxime groups is 1. The summed E-state index contributed by atoms with van der Waals surface area (Å²) < 4.78 is 5.15. The standard InChI is InChI=1S/C12H13NO2.C2H6/c1-8(15-2)11-7-12(13-14)10-6-4-3-5-9(10)11;1-2/h3-6,11,14H,1,7H2,2H3;1-2H3/b13-12+;. The summed E-state index contributed by atoms with van der Waals surface area (Å²) in [6, 6.07) is 7.87. The summed E-state index contributed by atoms with van der Waals surface area (Å²) in [4.78, 5) is 0. The minimum Gasteiger partial charge on any atom is -0.501 e. The van der Waals surface area contributed by atoms with E-state index in [1.807, 2.05) is 38.1 Å². The number of nitrogens with zero attached hydrogens (tertiary/aromatic N) is 1. The van der Waals surface area contributed by atoms with Crippen LogP contribution in [0.1, 0.15) is 37.3 Å². The first-order chi connectivity index (χ1) is 8.27. The highest BCUT2D eigenvalue weighted by Gasteiger charge is 2.30. The second-order valence-corrected chi connectivity index (χ2v) is 3.56. The number of ether oxygens (including phenoxy) is 1. The molecule has 0 spiro atoms. The Morgan fingerprint density at radius 1 is 1.41 bits per heavy atom. The Kier molecular flexibility index (Phi) is 4.76. The number of rotatable bonds is 2. The van der Waals surface area contributed by atoms with E-state index in [1.165, 1.54) is 0 Å². The Bertz CT molecular complexity index is 424. The molecule has 0 amide bonds. The normalized spacial score (nSPS) is 19.2. The molecule has 3 heteroatoms. The van der Waals surface area contributed by atoms with E-state index in [0.29, 0.717) is 17.9 Å². The first-order valence-corrected chi connectivity index (χ1v) is 5.81. The largest absolute Gasteiger partial charge is 0.501 e. The van der Waals surface area contributed by atoms with Crippen molar-refractivity contribution in [2.45, 2.75) is 26.2 Å². The van der Waals surface area contributed by atoms with Crippen molar-refractivity contribution in [2.24, 2.45) is 5.16 Å². The second-order valence-electron chi connectivity index (χ2n) is 3.56. The molecule has 1 aromatic carbocycles. The quantitative estimate of drug-likeness (QED) is 0.482. The summed E-state index contributed by atoms with van der Waals surface area (Å²) in [5.74, 6) is 0.818. The molecule has 1 unspecified atom stereocenters. The SMILES string of the molecule is C=C(OC)C1C/C(=N\O)c2ccccc21.CC. The third-order valence-electron chi connectivity index (χ3n) is 2.82. The van der Waals surface area contributed by atoms with Crippen molar-refractivity contribution >= 4 is 5.71 Å². The van der Waals surface area contributed by atoms with Gasteiger partial charge in [0.2, 0.25) is 0 Å². The van der Waals surface area contributed by atoms with E-state index in [1.54, 1.807) is 7.11 Å². The molecule has 0 saturated carbocycles. The highest BCUT2D eigenvalue weighted by Crippen LogP contribution is 2.37. The maximum atomic E-state index is 8.90. The second kappa shape index (κ2) is 6.09. The van der Waals surface area contributed by atoms with Crippen LogP contribution in [0.15, 0.2) is 41.8 Å². The first-order valence-electron chi connectivity index (χ1n) is 5.81. The van der Waals surface area contributed by atoms with Gasteiger partial charge in [-0.15, -0.1) is 0 Å². The Morgan fingerprint density at radius 2 is 2.06 bits per heavy atom. The van der Waals surface area contributed by atoms with Gasteiger partial charge in [-0.2, -0.15) is 0 Å². The van der Waals surface area contributed by atoms with Crippen molar-refractivity contribution in [3.8, 4) is 0 Å². The number of hydrogen-bond acceptors (Lipinski definition) is 3. The van der Waals surface area contributed by atoms with Gasteiger partial charge in [0.25, 0.3) is 0 Å². The Balaban J connectivity index is 0.000000686. The first kappa shape index (κ1) is 13.3. The zero-order valence-electron chi connectivity index (χ0n) is 10.6. The molecule has 17 heavy (non-hydrogen) atoms. The van der Waals surface area contributed by atoms with Crippen molar-refractivity contribution in [2.75, 3.05) is 7.11 Å². The highest BCUT2D eigenvalue weighted by molar-refractivity contribution is 6.05. The van der Waals surface area contributed by atoms with Gasteiger partial charge >= 0.3 is 0 Å². The van der Waals surface area contributed by atoms with Gasteiger partial charge in [0.1, 0.15) is 0 Å². The summed E-state index contributed by atoms with van der Waals surface area (Å²) in [7, 11) is 1.61. The van der Waals surface area contributed by atoms with Gasteiger partial charge in [0.05, 0.1) is 18.6 Å². The van der Waals surface area contributed by atoms with E-state index in [9.17, 15) is 0 Å². The molecule has 0 radical (unpaired) electrons. The van der Waals surface area contributed by atoms with Gasteiger partial charge < -0.3 is 9.94 Å². The molecule has 3 nitrogen and oxygen atoms in total. The average Bonchev–Trinajstić information content (AvgIpc) is 2.79. The molecule has 0 fully saturated rings. The molecule has 2 rings (SSSR count). The molecule has 1 aromatic rings. The summed E-state index contributed by atoms with van der Waals surface area (Å²) in [6.45, 7) is 7.86. The Hall–Kier alpha value is -1.77. The lowest BCUT2D eigenvalue weighted by Crippen LogP contribution is -1.99. The molecule has 1 aliphatic carbocycles. The van der Waals surface area contributed by atoms with E-state index in [2.05, 4.69) is 11.7 Å². The van der Waals surface area contributed by atoms with Crippen LogP contribution in [0.2, 0.25) is 0 Å². The van der Waals surface area contributed by atoms with Crippen LogP contribution >= 0.6 is 0 Å². The summed E-state index contributed by atoms with van der Waals surface area (Å²) in [5.41, 5.74) is 2.81. The van der Waals surface area contributed by atoms with Gasteiger partial charge in [0.15, 0.2) is 0 Å². The monoisotopic (exact) mass is 233 g/mol. The molecular weight excluding hydrogens is 214 g/mol. The topological polar surface area (TPSA) is 41.8 Å². The molecule has 0 aliphatic heterocycles. The van der Waals surface area contributed by atoms with Crippen LogP contribution < -0.4 is 0 Å². The molecule has 1 atom stereocenters. The zero-order valence-corrected chi connectivity index (χ0v) is 10.6. The van der Waals surface area contributed by atoms with Crippen LogP contribution in [0, 0.1) is 0 Å². The number of allylic oxidation sites excluding steroid dienone is 1. The zero-order chi connectivity index (χ0) is 12.8. The van der Waals surface area contributed by atoms with Crippen molar-refractivity contribution in [1.29, 1.82) is 0 Å². The molecule has 92 valence electrons. The molecule has 0 saturated heterocycles. The number of fused-ring (bicyclic) bond motifs is 1. The van der Waals surface area contributed by atoms with Gasteiger partial charge in [-0.1, -0.05) is 49.8 Å². The fourth-order valence-corrected chi connectivity index (χ4v) is 2.00. The van der Waals surface area contributed by atoms with Gasteiger partial charge in [0, 0.05) is 17.9 Å². The smallest absolute Gasteiger partial charge is 0.0962 e. The third kappa shape index (κ3) is 2.49. The van der Waals surface area contributed by atoms with E-state index >= 15 is 0 Å². The molecule has 1 aliphatic rings. The summed E-state index contributed by atoms with van der Waals surface area (Å²) >= 11 is 0. The van der Waals surface area contributed by atoms with Crippen LogP contribution in [0.4, 0.5) is 0 Å². The van der Waals surface area contributed by atoms with Crippen LogP contribution in [-0.2, 0) is 4.74 Å². The predicted octanol–water partition coefficient (Wildman–Crippen LogP) is 3.54. The van der Waals surface area contributed by atoms with Crippen LogP contribution in [0.3, 0.4) is 0 Å². The fraction of sp³-hybridized carbons (Fsp3) is 0.357. The Morgan fingerprint density at radius 3 is 2.65 bits per heavy atom. The highest BCUT2D eigenvalue weighted by atomic mass is 16.5. The molecule has 0 aromatic heterocycles. The Labute approximate surface area is 102 Å². The van der Waals surface area contributed by atoms with Gasteiger partial charge in [-0.25, -0.2) is 0 Å². The van der Waals surface area contributed by atoms with Crippen LogP contribution in [0.25, 0.3) is 0 Å². The summed E-state index contributed by atoms with van der Waals surface area (Å²) in [5, 5.41) is 12.2. The maximum Gasteiger partial charge on any atom is 0.0962 e. The lowest BCUT2D eigenvalue weighted by molar-refractivity contribution is 0.268. The van der Waals surface area contributed by atoms with Crippen molar-refractivity contribution in [3.05, 3.63) is 47.7 Å². The van der Waals surface area contributed by atoms with Crippen molar-refractivity contribution in [1.82, 2.24) is 0 Å². The lowest BCUT2D eigenvalue weighted by Gasteiger charge is -2.12. The van der Waals surface area contributed by atoms with E-state index in [0.717, 1.165) is 11.1 Å². The predicted molar refractivity (Wildman–Crippen MR) is 69.6 cm³/mol.